The fourth-order valence-corrected chi connectivity index (χ4v) is 1.97. The highest BCUT2D eigenvalue weighted by Crippen LogP contribution is 2.29. The largest absolute Gasteiger partial charge is 0.392 e. The van der Waals surface area contributed by atoms with Gasteiger partial charge in [0, 0.05) is 19.2 Å². The Morgan fingerprint density at radius 1 is 1.28 bits per heavy atom. The predicted octanol–water partition coefficient (Wildman–Crippen LogP) is 2.71. The van der Waals surface area contributed by atoms with Gasteiger partial charge >= 0.3 is 0 Å². The van der Waals surface area contributed by atoms with Crippen LogP contribution in [0, 0.1) is 10.1 Å². The molecule has 0 radical (unpaired) electrons. The van der Waals surface area contributed by atoms with E-state index in [1.54, 1.807) is 12.1 Å². The maximum absolute atomic E-state index is 11.1. The molecule has 0 aliphatic heterocycles. The van der Waals surface area contributed by atoms with Crippen molar-refractivity contribution in [2.24, 2.45) is 0 Å². The zero-order chi connectivity index (χ0) is 13.5. The van der Waals surface area contributed by atoms with Gasteiger partial charge in [0.25, 0.3) is 5.69 Å². The molecule has 0 fully saturated rings. The van der Waals surface area contributed by atoms with Crippen molar-refractivity contribution in [3.05, 3.63) is 33.9 Å². The number of aliphatic hydroxyl groups is 1. The average molecular weight is 252 g/mol. The molecule has 18 heavy (non-hydrogen) atoms. The van der Waals surface area contributed by atoms with Crippen molar-refractivity contribution >= 4 is 11.4 Å². The van der Waals surface area contributed by atoms with Gasteiger partial charge in [0.1, 0.15) is 5.69 Å². The minimum atomic E-state index is -0.382. The van der Waals surface area contributed by atoms with Crippen LogP contribution in [0.15, 0.2) is 18.2 Å². The number of hydrogen-bond acceptors (Lipinski definition) is 4. The molecule has 0 spiro atoms. The van der Waals surface area contributed by atoms with Crippen molar-refractivity contribution in [1.29, 1.82) is 0 Å². The molecule has 1 aromatic carbocycles. The Morgan fingerprint density at radius 2 is 1.89 bits per heavy atom. The summed E-state index contributed by atoms with van der Waals surface area (Å²) < 4.78 is 0. The van der Waals surface area contributed by atoms with Crippen LogP contribution in [0.4, 0.5) is 11.4 Å². The fourth-order valence-electron chi connectivity index (χ4n) is 1.97. The molecule has 0 atom stereocenters. The van der Waals surface area contributed by atoms with Gasteiger partial charge in [-0.25, -0.2) is 0 Å². The Hall–Kier alpha value is -1.62. The quantitative estimate of drug-likeness (QED) is 0.598. The second-order valence-corrected chi connectivity index (χ2v) is 4.23. The normalized spacial score (nSPS) is 10.4. The first-order chi connectivity index (χ1) is 8.63. The highest BCUT2D eigenvalue weighted by Gasteiger charge is 2.19. The van der Waals surface area contributed by atoms with Crippen LogP contribution in [0.3, 0.4) is 0 Å². The van der Waals surface area contributed by atoms with Crippen LogP contribution in [0.25, 0.3) is 0 Å². The molecule has 0 saturated heterocycles. The van der Waals surface area contributed by atoms with Gasteiger partial charge in [0.2, 0.25) is 0 Å². The third-order valence-electron chi connectivity index (χ3n) is 2.75. The smallest absolute Gasteiger partial charge is 0.292 e. The molecule has 1 N–H and O–H groups in total. The topological polar surface area (TPSA) is 66.6 Å². The van der Waals surface area contributed by atoms with Gasteiger partial charge in [0.05, 0.1) is 11.5 Å². The van der Waals surface area contributed by atoms with E-state index in [2.05, 4.69) is 13.8 Å². The molecule has 0 saturated carbocycles. The molecule has 0 amide bonds. The maximum Gasteiger partial charge on any atom is 0.292 e. The molecule has 0 aromatic heterocycles. The fraction of sp³-hybridized carbons (Fsp3) is 0.538. The lowest BCUT2D eigenvalue weighted by Gasteiger charge is -2.23. The molecule has 0 aliphatic rings. The van der Waals surface area contributed by atoms with Gasteiger partial charge in [-0.1, -0.05) is 19.9 Å². The molecule has 5 nitrogen and oxygen atoms in total. The number of benzene rings is 1. The van der Waals surface area contributed by atoms with E-state index < -0.39 is 0 Å². The summed E-state index contributed by atoms with van der Waals surface area (Å²) in [6.45, 7) is 5.52. The Kier molecular flexibility index (Phi) is 5.58. The highest BCUT2D eigenvalue weighted by molar-refractivity contribution is 5.64. The first kappa shape index (κ1) is 14.4. The molecule has 100 valence electrons. The van der Waals surface area contributed by atoms with E-state index in [1.165, 1.54) is 6.07 Å². The van der Waals surface area contributed by atoms with Gasteiger partial charge in [-0.3, -0.25) is 10.1 Å². The zero-order valence-corrected chi connectivity index (χ0v) is 10.9. The van der Waals surface area contributed by atoms with Gasteiger partial charge in [-0.2, -0.15) is 0 Å². The summed E-state index contributed by atoms with van der Waals surface area (Å²) in [6.07, 6.45) is 1.89. The van der Waals surface area contributed by atoms with E-state index in [9.17, 15) is 10.1 Å². The van der Waals surface area contributed by atoms with E-state index >= 15 is 0 Å². The minimum absolute atomic E-state index is 0.0726. The number of aliphatic hydroxyl groups excluding tert-OH is 1. The van der Waals surface area contributed by atoms with Crippen LogP contribution in [0.5, 0.6) is 0 Å². The second-order valence-electron chi connectivity index (χ2n) is 4.23. The van der Waals surface area contributed by atoms with Crippen molar-refractivity contribution in [2.45, 2.75) is 33.3 Å². The Balaban J connectivity index is 3.15. The minimum Gasteiger partial charge on any atom is -0.392 e. The second kappa shape index (κ2) is 6.96. The van der Waals surface area contributed by atoms with Crippen LogP contribution in [-0.2, 0) is 6.61 Å². The van der Waals surface area contributed by atoms with Crippen LogP contribution in [0.1, 0.15) is 32.3 Å². The van der Waals surface area contributed by atoms with Crippen molar-refractivity contribution in [1.82, 2.24) is 0 Å². The number of hydrogen-bond donors (Lipinski definition) is 1. The van der Waals surface area contributed by atoms with Gasteiger partial charge in [-0.15, -0.1) is 0 Å². The lowest BCUT2D eigenvalue weighted by atomic mass is 10.1. The summed E-state index contributed by atoms with van der Waals surface area (Å²) in [6, 6.07) is 4.92. The van der Waals surface area contributed by atoms with Crippen molar-refractivity contribution in [3.8, 4) is 0 Å². The zero-order valence-electron chi connectivity index (χ0n) is 10.9. The number of rotatable bonds is 7. The molecule has 0 bridgehead atoms. The molecule has 1 aromatic rings. The van der Waals surface area contributed by atoms with Crippen LogP contribution in [-0.4, -0.2) is 23.1 Å². The first-order valence-electron chi connectivity index (χ1n) is 6.27. The number of nitro benzene ring substituents is 1. The van der Waals surface area contributed by atoms with Crippen LogP contribution >= 0.6 is 0 Å². The summed E-state index contributed by atoms with van der Waals surface area (Å²) in [5, 5.41) is 20.1. The Morgan fingerprint density at radius 3 is 2.33 bits per heavy atom. The lowest BCUT2D eigenvalue weighted by molar-refractivity contribution is -0.384. The van der Waals surface area contributed by atoms with Crippen molar-refractivity contribution in [2.75, 3.05) is 18.0 Å². The summed E-state index contributed by atoms with van der Waals surface area (Å²) in [5.74, 6) is 0. The highest BCUT2D eigenvalue weighted by atomic mass is 16.6. The third-order valence-corrected chi connectivity index (χ3v) is 2.75. The third kappa shape index (κ3) is 3.43. The predicted molar refractivity (Wildman–Crippen MR) is 71.8 cm³/mol. The van der Waals surface area contributed by atoms with Crippen molar-refractivity contribution in [3.63, 3.8) is 0 Å². The van der Waals surface area contributed by atoms with E-state index in [0.29, 0.717) is 11.3 Å². The molecule has 0 aliphatic carbocycles. The van der Waals surface area contributed by atoms with E-state index in [4.69, 9.17) is 5.11 Å². The maximum atomic E-state index is 11.1. The summed E-state index contributed by atoms with van der Waals surface area (Å²) in [7, 11) is 0. The molecular weight excluding hydrogens is 232 g/mol. The summed E-state index contributed by atoms with van der Waals surface area (Å²) >= 11 is 0. The first-order valence-corrected chi connectivity index (χ1v) is 6.27. The van der Waals surface area contributed by atoms with E-state index in [0.717, 1.165) is 25.9 Å². The number of nitro groups is 1. The Labute approximate surface area is 107 Å². The Bertz CT molecular complexity index is 401. The van der Waals surface area contributed by atoms with Gasteiger partial charge in [0.15, 0.2) is 0 Å². The van der Waals surface area contributed by atoms with E-state index in [1.807, 2.05) is 4.90 Å². The molecule has 5 heteroatoms. The number of anilines is 1. The lowest BCUT2D eigenvalue weighted by Crippen LogP contribution is -2.25. The standard InChI is InChI=1S/C13H20N2O3/c1-3-7-14(8-4-2)12-6-5-11(10-16)9-13(12)15(17)18/h5-6,9,16H,3-4,7-8,10H2,1-2H3. The van der Waals surface area contributed by atoms with Crippen molar-refractivity contribution < 1.29 is 10.0 Å². The molecule has 1 rings (SSSR count). The van der Waals surface area contributed by atoms with Gasteiger partial charge < -0.3 is 10.0 Å². The summed E-state index contributed by atoms with van der Waals surface area (Å²) in [4.78, 5) is 12.7. The van der Waals surface area contributed by atoms with Crippen LogP contribution in [0.2, 0.25) is 0 Å². The SMILES string of the molecule is CCCN(CCC)c1ccc(CO)cc1[N+](=O)[O-]. The van der Waals surface area contributed by atoms with E-state index in [-0.39, 0.29) is 17.2 Å². The number of nitrogens with zero attached hydrogens (tertiary/aromatic N) is 2. The molecular formula is C13H20N2O3. The monoisotopic (exact) mass is 252 g/mol. The van der Waals surface area contributed by atoms with Gasteiger partial charge in [-0.05, 0) is 24.5 Å². The summed E-state index contributed by atoms with van der Waals surface area (Å²) in [5.41, 5.74) is 1.28. The average Bonchev–Trinajstić information content (AvgIpc) is 2.37. The molecule has 0 unspecified atom stereocenters. The molecule has 0 heterocycles. The van der Waals surface area contributed by atoms with Crippen LogP contribution < -0.4 is 4.90 Å².